The van der Waals surface area contributed by atoms with E-state index in [-0.39, 0.29) is 24.2 Å². The first-order chi connectivity index (χ1) is 9.11. The van der Waals surface area contributed by atoms with Gasteiger partial charge in [0.15, 0.2) is 11.6 Å². The number of ether oxygens (including phenoxy) is 1. The number of hydrogen-bond acceptors (Lipinski definition) is 3. The first kappa shape index (κ1) is 14.1. The van der Waals surface area contributed by atoms with Gasteiger partial charge in [-0.2, -0.15) is 0 Å². The summed E-state index contributed by atoms with van der Waals surface area (Å²) in [5, 5.41) is 3.20. The lowest BCUT2D eigenvalue weighted by atomic mass is 9.93. The van der Waals surface area contributed by atoms with E-state index in [4.69, 9.17) is 4.74 Å². The van der Waals surface area contributed by atoms with Crippen LogP contribution in [0.3, 0.4) is 0 Å². The fourth-order valence-electron chi connectivity index (χ4n) is 2.32. The van der Waals surface area contributed by atoms with E-state index in [2.05, 4.69) is 5.32 Å². The Bertz CT molecular complexity index is 465. The monoisotopic (exact) mass is 269 g/mol. The molecule has 1 fully saturated rings. The smallest absolute Gasteiger partial charge is 0.159 e. The van der Waals surface area contributed by atoms with Crippen LogP contribution in [0.5, 0.6) is 0 Å². The molecule has 1 aromatic rings. The Morgan fingerprint density at radius 2 is 2.16 bits per heavy atom. The number of rotatable bonds is 5. The van der Waals surface area contributed by atoms with Crippen LogP contribution in [0.1, 0.15) is 12.5 Å². The third kappa shape index (κ3) is 3.36. The maximum atomic E-state index is 13.1. The van der Waals surface area contributed by atoms with Crippen LogP contribution in [-0.2, 0) is 16.0 Å². The van der Waals surface area contributed by atoms with Gasteiger partial charge in [0.25, 0.3) is 0 Å². The molecule has 5 heteroatoms. The van der Waals surface area contributed by atoms with Gasteiger partial charge in [0.2, 0.25) is 0 Å². The van der Waals surface area contributed by atoms with Crippen molar-refractivity contribution in [2.45, 2.75) is 19.4 Å². The molecule has 0 bridgehead atoms. The molecular formula is C14H17F2NO2. The van der Waals surface area contributed by atoms with Gasteiger partial charge in [0, 0.05) is 12.5 Å². The number of ketones is 1. The highest BCUT2D eigenvalue weighted by Crippen LogP contribution is 2.18. The summed E-state index contributed by atoms with van der Waals surface area (Å²) in [6.07, 6.45) is 0.104. The van der Waals surface area contributed by atoms with Crippen LogP contribution in [0.2, 0.25) is 0 Å². The predicted octanol–water partition coefficient (Wildman–Crippen LogP) is 1.70. The summed E-state index contributed by atoms with van der Waals surface area (Å²) in [5.41, 5.74) is 0.492. The number of halogens is 2. The van der Waals surface area contributed by atoms with Crippen LogP contribution in [0.25, 0.3) is 0 Å². The summed E-state index contributed by atoms with van der Waals surface area (Å²) < 4.78 is 31.2. The average Bonchev–Trinajstić information content (AvgIpc) is 2.83. The van der Waals surface area contributed by atoms with Crippen molar-refractivity contribution in [2.24, 2.45) is 5.92 Å². The average molecular weight is 269 g/mol. The molecule has 2 rings (SSSR count). The summed E-state index contributed by atoms with van der Waals surface area (Å²) in [7, 11) is 0. The molecule has 1 N–H and O–H groups in total. The van der Waals surface area contributed by atoms with Gasteiger partial charge >= 0.3 is 0 Å². The van der Waals surface area contributed by atoms with Gasteiger partial charge in [0.1, 0.15) is 5.78 Å². The second kappa shape index (κ2) is 6.21. The normalized spacial score (nSPS) is 22.7. The number of Topliss-reactive ketones (excluding diaryl/α,β-unsaturated/α-hetero) is 1. The van der Waals surface area contributed by atoms with E-state index < -0.39 is 11.6 Å². The number of carbonyl (C=O) groups is 1. The highest BCUT2D eigenvalue weighted by Gasteiger charge is 2.33. The Labute approximate surface area is 111 Å². The molecule has 2 atom stereocenters. The molecule has 19 heavy (non-hydrogen) atoms. The summed E-state index contributed by atoms with van der Waals surface area (Å²) >= 11 is 0. The molecule has 0 radical (unpaired) electrons. The Morgan fingerprint density at radius 3 is 2.84 bits per heavy atom. The van der Waals surface area contributed by atoms with E-state index in [0.717, 1.165) is 18.7 Å². The van der Waals surface area contributed by atoms with Gasteiger partial charge in [-0.25, -0.2) is 8.78 Å². The van der Waals surface area contributed by atoms with Crippen molar-refractivity contribution in [1.29, 1.82) is 0 Å². The van der Waals surface area contributed by atoms with Gasteiger partial charge in [-0.15, -0.1) is 0 Å². The largest absolute Gasteiger partial charge is 0.379 e. The van der Waals surface area contributed by atoms with Crippen molar-refractivity contribution >= 4 is 5.78 Å². The fraction of sp³-hybridized carbons (Fsp3) is 0.500. The summed E-state index contributed by atoms with van der Waals surface area (Å²) in [4.78, 5) is 12.2. The molecule has 3 nitrogen and oxygen atoms in total. The molecule has 104 valence electrons. The van der Waals surface area contributed by atoms with E-state index in [9.17, 15) is 13.6 Å². The van der Waals surface area contributed by atoms with Crippen LogP contribution in [0.15, 0.2) is 18.2 Å². The molecule has 1 aromatic carbocycles. The molecule has 1 saturated heterocycles. The van der Waals surface area contributed by atoms with Crippen LogP contribution in [0, 0.1) is 17.6 Å². The van der Waals surface area contributed by atoms with Crippen molar-refractivity contribution in [3.63, 3.8) is 0 Å². The topological polar surface area (TPSA) is 38.3 Å². The molecule has 1 aliphatic heterocycles. The molecule has 0 aliphatic carbocycles. The van der Waals surface area contributed by atoms with E-state index in [1.54, 1.807) is 0 Å². The Balaban J connectivity index is 2.02. The van der Waals surface area contributed by atoms with E-state index in [0.29, 0.717) is 18.8 Å². The molecule has 0 saturated carbocycles. The summed E-state index contributed by atoms with van der Waals surface area (Å²) in [6, 6.07) is 3.58. The third-order valence-electron chi connectivity index (χ3n) is 3.32. The second-order valence-electron chi connectivity index (χ2n) is 4.70. The van der Waals surface area contributed by atoms with E-state index in [1.165, 1.54) is 6.07 Å². The quantitative estimate of drug-likeness (QED) is 0.884. The minimum atomic E-state index is -0.920. The molecule has 2 unspecified atom stereocenters. The van der Waals surface area contributed by atoms with Gasteiger partial charge in [-0.3, -0.25) is 4.79 Å². The molecule has 1 aliphatic rings. The number of benzene rings is 1. The fourth-order valence-corrected chi connectivity index (χ4v) is 2.32. The SMILES string of the molecule is CCNC1COCC1C(=O)Cc1ccc(F)c(F)c1. The number of nitrogens with one attached hydrogen (secondary N) is 1. The minimum Gasteiger partial charge on any atom is -0.379 e. The Morgan fingerprint density at radius 1 is 1.37 bits per heavy atom. The minimum absolute atomic E-state index is 0.00513. The lowest BCUT2D eigenvalue weighted by Gasteiger charge is -2.17. The first-order valence-corrected chi connectivity index (χ1v) is 6.39. The Kier molecular flexibility index (Phi) is 4.61. The highest BCUT2D eigenvalue weighted by atomic mass is 19.2. The molecule has 0 spiro atoms. The second-order valence-corrected chi connectivity index (χ2v) is 4.70. The number of likely N-dealkylation sites (N-methyl/N-ethyl adjacent to an activating group) is 1. The van der Waals surface area contributed by atoms with E-state index in [1.807, 2.05) is 6.92 Å². The lowest BCUT2D eigenvalue weighted by molar-refractivity contribution is -0.122. The van der Waals surface area contributed by atoms with Crippen molar-refractivity contribution in [3.8, 4) is 0 Å². The Hall–Kier alpha value is -1.33. The predicted molar refractivity (Wildman–Crippen MR) is 66.8 cm³/mol. The maximum absolute atomic E-state index is 13.1. The number of hydrogen-bond donors (Lipinski definition) is 1. The maximum Gasteiger partial charge on any atom is 0.159 e. The van der Waals surface area contributed by atoms with Gasteiger partial charge in [-0.1, -0.05) is 13.0 Å². The molecule has 0 amide bonds. The lowest BCUT2D eigenvalue weighted by Crippen LogP contribution is -2.39. The van der Waals surface area contributed by atoms with Crippen LogP contribution < -0.4 is 5.32 Å². The van der Waals surface area contributed by atoms with Crippen molar-refractivity contribution in [2.75, 3.05) is 19.8 Å². The van der Waals surface area contributed by atoms with Crippen molar-refractivity contribution in [1.82, 2.24) is 5.32 Å². The molecular weight excluding hydrogens is 252 g/mol. The highest BCUT2D eigenvalue weighted by molar-refractivity contribution is 5.84. The van der Waals surface area contributed by atoms with Gasteiger partial charge in [0.05, 0.1) is 19.1 Å². The van der Waals surface area contributed by atoms with Gasteiger partial charge in [-0.05, 0) is 24.2 Å². The summed E-state index contributed by atoms with van der Waals surface area (Å²) in [6.45, 7) is 3.64. The van der Waals surface area contributed by atoms with Crippen molar-refractivity contribution in [3.05, 3.63) is 35.4 Å². The third-order valence-corrected chi connectivity index (χ3v) is 3.32. The number of carbonyl (C=O) groups excluding carboxylic acids is 1. The van der Waals surface area contributed by atoms with Crippen LogP contribution >= 0.6 is 0 Å². The molecule has 1 heterocycles. The first-order valence-electron chi connectivity index (χ1n) is 6.39. The van der Waals surface area contributed by atoms with Crippen LogP contribution in [-0.4, -0.2) is 31.6 Å². The standard InChI is InChI=1S/C14H17F2NO2/c1-2-17-13-8-19-7-10(13)14(18)6-9-3-4-11(15)12(16)5-9/h3-5,10,13,17H,2,6-8H2,1H3. The summed E-state index contributed by atoms with van der Waals surface area (Å²) in [5.74, 6) is -2.04. The zero-order valence-corrected chi connectivity index (χ0v) is 10.8. The van der Waals surface area contributed by atoms with E-state index >= 15 is 0 Å². The van der Waals surface area contributed by atoms with Crippen LogP contribution in [0.4, 0.5) is 8.78 Å². The van der Waals surface area contributed by atoms with Gasteiger partial charge < -0.3 is 10.1 Å². The van der Waals surface area contributed by atoms with Crippen molar-refractivity contribution < 1.29 is 18.3 Å². The molecule has 0 aromatic heterocycles. The zero-order chi connectivity index (χ0) is 13.8. The zero-order valence-electron chi connectivity index (χ0n) is 10.8.